The van der Waals surface area contributed by atoms with Crippen molar-refractivity contribution in [1.29, 1.82) is 0 Å². The maximum Gasteiger partial charge on any atom is 0.161 e. The van der Waals surface area contributed by atoms with Gasteiger partial charge in [0, 0.05) is 13.0 Å². The van der Waals surface area contributed by atoms with Crippen LogP contribution >= 0.6 is 11.6 Å². The van der Waals surface area contributed by atoms with Crippen molar-refractivity contribution in [2.45, 2.75) is 26.4 Å². The van der Waals surface area contributed by atoms with Gasteiger partial charge < -0.3 is 10.1 Å². The molecule has 1 N–H and O–H groups in total. The van der Waals surface area contributed by atoms with E-state index < -0.39 is 0 Å². The van der Waals surface area contributed by atoms with Crippen molar-refractivity contribution in [3.05, 3.63) is 22.7 Å². The zero-order chi connectivity index (χ0) is 10.1. The Hall–Kier alpha value is -0.890. The molecule has 0 amide bonds. The molecule has 2 nitrogen and oxygen atoms in total. The van der Waals surface area contributed by atoms with Crippen LogP contribution in [0.2, 0.25) is 5.02 Å². The lowest BCUT2D eigenvalue weighted by molar-refractivity contribution is 0.222. The lowest BCUT2D eigenvalue weighted by Gasteiger charge is -2.14. The summed E-state index contributed by atoms with van der Waals surface area (Å²) in [7, 11) is 0. The van der Waals surface area contributed by atoms with E-state index in [0.717, 1.165) is 24.4 Å². The second kappa shape index (κ2) is 3.70. The lowest BCUT2D eigenvalue weighted by Crippen LogP contribution is -2.12. The van der Waals surface area contributed by atoms with E-state index in [9.17, 15) is 0 Å². The van der Waals surface area contributed by atoms with Gasteiger partial charge >= 0.3 is 0 Å². The van der Waals surface area contributed by atoms with E-state index >= 15 is 0 Å². The van der Waals surface area contributed by atoms with E-state index in [2.05, 4.69) is 19.2 Å². The molecule has 3 heteroatoms. The van der Waals surface area contributed by atoms with Crippen LogP contribution in [-0.2, 0) is 0 Å². The average molecular weight is 212 g/mol. The number of nitrogens with one attached hydrogen (secondary N) is 1. The monoisotopic (exact) mass is 211 g/mol. The molecule has 0 aromatic heterocycles. The number of hydrogen-bond acceptors (Lipinski definition) is 2. The quantitative estimate of drug-likeness (QED) is 0.712. The van der Waals surface area contributed by atoms with E-state index in [1.165, 1.54) is 5.56 Å². The second-order valence-corrected chi connectivity index (χ2v) is 4.12. The molecule has 76 valence electrons. The van der Waals surface area contributed by atoms with E-state index in [0.29, 0.717) is 5.02 Å². The van der Waals surface area contributed by atoms with Gasteiger partial charge in [-0.2, -0.15) is 0 Å². The summed E-state index contributed by atoms with van der Waals surface area (Å²) in [5.41, 5.74) is 2.22. The van der Waals surface area contributed by atoms with Crippen molar-refractivity contribution in [3.8, 4) is 5.75 Å². The van der Waals surface area contributed by atoms with Crippen molar-refractivity contribution in [3.63, 3.8) is 0 Å². The van der Waals surface area contributed by atoms with E-state index in [4.69, 9.17) is 16.3 Å². The van der Waals surface area contributed by atoms with Gasteiger partial charge in [-0.1, -0.05) is 17.7 Å². The Labute approximate surface area is 89.2 Å². The molecule has 1 atom stereocenters. The molecule has 0 fully saturated rings. The smallest absolute Gasteiger partial charge is 0.161 e. The molecule has 1 aliphatic heterocycles. The third kappa shape index (κ3) is 1.67. The van der Waals surface area contributed by atoms with Gasteiger partial charge in [-0.3, -0.25) is 0 Å². The minimum absolute atomic E-state index is 0.225. The molecular weight excluding hydrogens is 198 g/mol. The van der Waals surface area contributed by atoms with Crippen LogP contribution in [0.4, 0.5) is 5.69 Å². The molecule has 0 bridgehead atoms. The first-order valence-electron chi connectivity index (χ1n) is 4.88. The number of benzene rings is 1. The summed E-state index contributed by atoms with van der Waals surface area (Å²) >= 11 is 6.09. The van der Waals surface area contributed by atoms with Crippen LogP contribution in [0.1, 0.15) is 18.9 Å². The van der Waals surface area contributed by atoms with E-state index in [1.54, 1.807) is 0 Å². The molecule has 1 aromatic carbocycles. The molecule has 0 aliphatic carbocycles. The maximum absolute atomic E-state index is 6.09. The van der Waals surface area contributed by atoms with Crippen molar-refractivity contribution >= 4 is 17.3 Å². The predicted molar refractivity (Wildman–Crippen MR) is 59.4 cm³/mol. The second-order valence-electron chi connectivity index (χ2n) is 3.71. The Morgan fingerprint density at radius 2 is 2.29 bits per heavy atom. The molecule has 14 heavy (non-hydrogen) atoms. The molecule has 1 aliphatic rings. The van der Waals surface area contributed by atoms with Crippen LogP contribution in [0.3, 0.4) is 0 Å². The van der Waals surface area contributed by atoms with E-state index in [-0.39, 0.29) is 6.10 Å². The summed E-state index contributed by atoms with van der Waals surface area (Å²) in [6.07, 6.45) is 1.23. The van der Waals surface area contributed by atoms with Crippen LogP contribution < -0.4 is 10.1 Å². The number of aryl methyl sites for hydroxylation is 1. The zero-order valence-corrected chi connectivity index (χ0v) is 9.19. The van der Waals surface area contributed by atoms with Gasteiger partial charge in [-0.05, 0) is 25.5 Å². The van der Waals surface area contributed by atoms with Crippen LogP contribution in [0.5, 0.6) is 5.75 Å². The topological polar surface area (TPSA) is 21.3 Å². The normalized spacial score (nSPS) is 20.4. The summed E-state index contributed by atoms with van der Waals surface area (Å²) in [6.45, 7) is 5.06. The highest BCUT2D eigenvalue weighted by Gasteiger charge is 2.17. The molecule has 2 rings (SSSR count). The van der Waals surface area contributed by atoms with Crippen molar-refractivity contribution in [2.75, 3.05) is 11.9 Å². The van der Waals surface area contributed by atoms with Gasteiger partial charge in [0.05, 0.1) is 16.8 Å². The Bertz CT molecular complexity index is 351. The summed E-state index contributed by atoms with van der Waals surface area (Å²) < 4.78 is 5.77. The van der Waals surface area contributed by atoms with Gasteiger partial charge in [0.2, 0.25) is 0 Å². The van der Waals surface area contributed by atoms with Crippen LogP contribution in [0.25, 0.3) is 0 Å². The van der Waals surface area contributed by atoms with Crippen molar-refractivity contribution < 1.29 is 4.74 Å². The molecule has 1 aromatic rings. The Morgan fingerprint density at radius 3 is 3.07 bits per heavy atom. The highest BCUT2D eigenvalue weighted by molar-refractivity contribution is 6.32. The van der Waals surface area contributed by atoms with Crippen molar-refractivity contribution in [2.24, 2.45) is 0 Å². The first-order valence-corrected chi connectivity index (χ1v) is 5.26. The highest BCUT2D eigenvalue weighted by atomic mass is 35.5. The van der Waals surface area contributed by atoms with Gasteiger partial charge in [0.25, 0.3) is 0 Å². The Balaban J connectivity index is 2.48. The van der Waals surface area contributed by atoms with Gasteiger partial charge in [0.15, 0.2) is 5.75 Å². The lowest BCUT2D eigenvalue weighted by atomic mass is 10.2. The first kappa shape index (κ1) is 9.66. The fraction of sp³-hybridized carbons (Fsp3) is 0.455. The third-order valence-electron chi connectivity index (χ3n) is 2.49. The molecule has 0 spiro atoms. The van der Waals surface area contributed by atoms with Crippen molar-refractivity contribution in [1.82, 2.24) is 0 Å². The van der Waals surface area contributed by atoms with Gasteiger partial charge in [0.1, 0.15) is 0 Å². The van der Waals surface area contributed by atoms with Crippen LogP contribution in [0.15, 0.2) is 12.1 Å². The molecular formula is C11H14ClNO. The molecule has 0 saturated carbocycles. The third-order valence-corrected chi connectivity index (χ3v) is 2.79. The molecule has 0 radical (unpaired) electrons. The van der Waals surface area contributed by atoms with Gasteiger partial charge in [-0.25, -0.2) is 0 Å². The number of fused-ring (bicyclic) bond motifs is 1. The largest absolute Gasteiger partial charge is 0.487 e. The van der Waals surface area contributed by atoms with Gasteiger partial charge in [-0.15, -0.1) is 0 Å². The molecule has 1 heterocycles. The average Bonchev–Trinajstić information content (AvgIpc) is 2.34. The Kier molecular flexibility index (Phi) is 2.55. The number of rotatable bonds is 0. The number of anilines is 1. The number of halogens is 1. The SMILES string of the molecule is Cc1ccc(Cl)c2c1NCCC(C)O2. The van der Waals surface area contributed by atoms with E-state index in [1.807, 2.05) is 12.1 Å². The zero-order valence-electron chi connectivity index (χ0n) is 8.43. The predicted octanol–water partition coefficient (Wildman–Crippen LogP) is 3.23. The fourth-order valence-corrected chi connectivity index (χ4v) is 1.85. The minimum atomic E-state index is 0.225. The summed E-state index contributed by atoms with van der Waals surface area (Å²) in [6, 6.07) is 3.89. The minimum Gasteiger partial charge on any atom is -0.487 e. The van der Waals surface area contributed by atoms with Crippen LogP contribution in [-0.4, -0.2) is 12.6 Å². The summed E-state index contributed by atoms with van der Waals surface area (Å²) in [5, 5.41) is 4.04. The number of ether oxygens (including phenoxy) is 1. The Morgan fingerprint density at radius 1 is 1.50 bits per heavy atom. The summed E-state index contributed by atoms with van der Waals surface area (Å²) in [4.78, 5) is 0. The van der Waals surface area contributed by atoms with Crippen LogP contribution in [0, 0.1) is 6.92 Å². The first-order chi connectivity index (χ1) is 6.68. The standard InChI is InChI=1S/C11H14ClNO/c1-7-3-4-9(12)11-10(7)13-6-5-8(2)14-11/h3-4,8,13H,5-6H2,1-2H3. The fourth-order valence-electron chi connectivity index (χ4n) is 1.65. The molecule has 1 unspecified atom stereocenters. The number of hydrogen-bond donors (Lipinski definition) is 1. The summed E-state index contributed by atoms with van der Waals surface area (Å²) in [5.74, 6) is 0.802. The maximum atomic E-state index is 6.09. The molecule has 0 saturated heterocycles. The highest BCUT2D eigenvalue weighted by Crippen LogP contribution is 2.37.